The van der Waals surface area contributed by atoms with Crippen LogP contribution in [-0.4, -0.2) is 17.9 Å². The van der Waals surface area contributed by atoms with E-state index >= 15 is 0 Å². The maximum absolute atomic E-state index is 13.6. The second kappa shape index (κ2) is 3.38. The van der Waals surface area contributed by atoms with E-state index in [1.807, 2.05) is 0 Å². The third-order valence-corrected chi connectivity index (χ3v) is 2.40. The number of benzene rings is 1. The predicted molar refractivity (Wildman–Crippen MR) is 56.4 cm³/mol. The molecule has 2 aromatic rings. The zero-order valence-electron chi connectivity index (χ0n) is 8.52. The molecule has 3 nitrogen and oxygen atoms in total. The van der Waals surface area contributed by atoms with E-state index in [4.69, 9.17) is 0 Å². The summed E-state index contributed by atoms with van der Waals surface area (Å²) in [7, 11) is 1.54. The Bertz CT molecular complexity index is 531. The largest absolute Gasteiger partial charge is 0.354 e. The summed E-state index contributed by atoms with van der Waals surface area (Å²) in [6.07, 6.45) is 0. The Kier molecular flexibility index (Phi) is 2.19. The van der Waals surface area contributed by atoms with Crippen LogP contribution in [-0.2, 0) is 0 Å². The van der Waals surface area contributed by atoms with Gasteiger partial charge < -0.3 is 10.3 Å². The number of nitrogens with one attached hydrogen (secondary N) is 2. The number of hydrogen-bond acceptors (Lipinski definition) is 1. The van der Waals surface area contributed by atoms with Crippen molar-refractivity contribution in [3.05, 3.63) is 35.3 Å². The molecule has 15 heavy (non-hydrogen) atoms. The lowest BCUT2D eigenvalue weighted by Crippen LogP contribution is -2.17. The van der Waals surface area contributed by atoms with Crippen LogP contribution < -0.4 is 5.32 Å². The van der Waals surface area contributed by atoms with Crippen LogP contribution in [0.5, 0.6) is 0 Å². The van der Waals surface area contributed by atoms with Crippen molar-refractivity contribution in [2.24, 2.45) is 0 Å². The van der Waals surface area contributed by atoms with Crippen LogP contribution in [0.25, 0.3) is 10.9 Å². The molecule has 0 atom stereocenters. The number of H-pyrrole nitrogens is 1. The number of aryl methyl sites for hydroxylation is 1. The van der Waals surface area contributed by atoms with E-state index in [0.717, 1.165) is 0 Å². The van der Waals surface area contributed by atoms with Gasteiger partial charge >= 0.3 is 0 Å². The maximum atomic E-state index is 13.6. The van der Waals surface area contributed by atoms with Gasteiger partial charge in [0.05, 0.1) is 5.52 Å². The molecule has 2 N–H and O–H groups in total. The maximum Gasteiger partial charge on any atom is 0.267 e. The molecule has 0 bridgehead atoms. The van der Waals surface area contributed by atoms with Crippen molar-refractivity contribution in [2.45, 2.75) is 6.92 Å². The second-order valence-corrected chi connectivity index (χ2v) is 3.42. The van der Waals surface area contributed by atoms with Crippen molar-refractivity contribution in [1.29, 1.82) is 0 Å². The minimum atomic E-state index is -0.303. The van der Waals surface area contributed by atoms with E-state index in [9.17, 15) is 9.18 Å². The molecule has 0 saturated carbocycles. The zero-order valence-corrected chi connectivity index (χ0v) is 8.52. The molecular weight excluding hydrogens is 195 g/mol. The fourth-order valence-corrected chi connectivity index (χ4v) is 1.53. The summed E-state index contributed by atoms with van der Waals surface area (Å²) in [5, 5.41) is 3.19. The second-order valence-electron chi connectivity index (χ2n) is 3.42. The van der Waals surface area contributed by atoms with E-state index < -0.39 is 0 Å². The smallest absolute Gasteiger partial charge is 0.267 e. The lowest BCUT2D eigenvalue weighted by Gasteiger charge is -1.96. The van der Waals surface area contributed by atoms with Crippen molar-refractivity contribution in [2.75, 3.05) is 7.05 Å². The van der Waals surface area contributed by atoms with Gasteiger partial charge in [-0.05, 0) is 18.6 Å². The van der Waals surface area contributed by atoms with Crippen molar-refractivity contribution < 1.29 is 9.18 Å². The average molecular weight is 206 g/mol. The molecular formula is C11H11FN2O. The first-order valence-corrected chi connectivity index (χ1v) is 4.63. The Morgan fingerprint density at radius 3 is 2.87 bits per heavy atom. The number of aromatic nitrogens is 1. The quantitative estimate of drug-likeness (QED) is 0.736. The molecule has 1 amide bonds. The fourth-order valence-electron chi connectivity index (χ4n) is 1.53. The number of carbonyl (C=O) groups excluding carboxylic acids is 1. The van der Waals surface area contributed by atoms with Gasteiger partial charge in [-0.3, -0.25) is 4.79 Å². The summed E-state index contributed by atoms with van der Waals surface area (Å²) in [5.41, 5.74) is 1.32. The molecule has 0 aliphatic heterocycles. The third-order valence-electron chi connectivity index (χ3n) is 2.40. The van der Waals surface area contributed by atoms with E-state index in [0.29, 0.717) is 22.2 Å². The summed E-state index contributed by atoms with van der Waals surface area (Å²) in [5.74, 6) is -0.550. The van der Waals surface area contributed by atoms with Gasteiger partial charge in [0.2, 0.25) is 0 Å². The number of halogens is 1. The molecule has 0 saturated heterocycles. The standard InChI is InChI=1S/C11H11FN2O/c1-6-3-4-7-5-8(11(15)13-2)14-10(7)9(6)12/h3-5,14H,1-2H3,(H,13,15). The number of aromatic amines is 1. The molecule has 0 aliphatic rings. The van der Waals surface area contributed by atoms with Crippen molar-refractivity contribution >= 4 is 16.8 Å². The minimum Gasteiger partial charge on any atom is -0.354 e. The summed E-state index contributed by atoms with van der Waals surface area (Å²) < 4.78 is 13.6. The summed E-state index contributed by atoms with van der Waals surface area (Å²) >= 11 is 0. The molecule has 1 aromatic carbocycles. The first kappa shape index (κ1) is 9.71. The van der Waals surface area contributed by atoms with Crippen molar-refractivity contribution in [3.63, 3.8) is 0 Å². The lowest BCUT2D eigenvalue weighted by molar-refractivity contribution is 0.0959. The van der Waals surface area contributed by atoms with Gasteiger partial charge in [0.15, 0.2) is 0 Å². The molecule has 1 heterocycles. The van der Waals surface area contributed by atoms with Crippen LogP contribution >= 0.6 is 0 Å². The van der Waals surface area contributed by atoms with E-state index in [2.05, 4.69) is 10.3 Å². The number of carbonyl (C=O) groups is 1. The number of amides is 1. The number of hydrogen-bond donors (Lipinski definition) is 2. The van der Waals surface area contributed by atoms with Gasteiger partial charge in [0, 0.05) is 12.4 Å². The monoisotopic (exact) mass is 206 g/mol. The van der Waals surface area contributed by atoms with E-state index in [1.54, 1.807) is 25.1 Å². The Morgan fingerprint density at radius 1 is 1.47 bits per heavy atom. The molecule has 0 fully saturated rings. The molecule has 0 radical (unpaired) electrons. The predicted octanol–water partition coefficient (Wildman–Crippen LogP) is 1.98. The Morgan fingerprint density at radius 2 is 2.20 bits per heavy atom. The molecule has 0 spiro atoms. The highest BCUT2D eigenvalue weighted by molar-refractivity contribution is 5.98. The molecule has 2 rings (SSSR count). The Labute approximate surface area is 86.3 Å². The minimum absolute atomic E-state index is 0.247. The average Bonchev–Trinajstić information content (AvgIpc) is 2.67. The van der Waals surface area contributed by atoms with Gasteiger partial charge in [-0.15, -0.1) is 0 Å². The van der Waals surface area contributed by atoms with Crippen LogP contribution in [0.3, 0.4) is 0 Å². The van der Waals surface area contributed by atoms with Gasteiger partial charge in [-0.1, -0.05) is 12.1 Å². The normalized spacial score (nSPS) is 10.6. The summed E-state index contributed by atoms with van der Waals surface area (Å²) in [6, 6.07) is 5.12. The molecule has 4 heteroatoms. The molecule has 1 aromatic heterocycles. The van der Waals surface area contributed by atoms with Crippen LogP contribution in [0.2, 0.25) is 0 Å². The van der Waals surface area contributed by atoms with Crippen LogP contribution in [0.15, 0.2) is 18.2 Å². The topological polar surface area (TPSA) is 44.9 Å². The number of fused-ring (bicyclic) bond motifs is 1. The molecule has 0 unspecified atom stereocenters. The highest BCUT2D eigenvalue weighted by atomic mass is 19.1. The van der Waals surface area contributed by atoms with Crippen LogP contribution in [0.4, 0.5) is 4.39 Å². The summed E-state index contributed by atoms with van der Waals surface area (Å²) in [4.78, 5) is 14.1. The Hall–Kier alpha value is -1.84. The van der Waals surface area contributed by atoms with Gasteiger partial charge in [0.1, 0.15) is 11.5 Å². The highest BCUT2D eigenvalue weighted by Gasteiger charge is 2.11. The van der Waals surface area contributed by atoms with Gasteiger partial charge in [-0.25, -0.2) is 4.39 Å². The first-order valence-electron chi connectivity index (χ1n) is 4.63. The van der Waals surface area contributed by atoms with Gasteiger partial charge in [0.25, 0.3) is 5.91 Å². The van der Waals surface area contributed by atoms with Crippen molar-refractivity contribution in [3.8, 4) is 0 Å². The SMILES string of the molecule is CNC(=O)c1cc2ccc(C)c(F)c2[nH]1. The van der Waals surface area contributed by atoms with Crippen LogP contribution in [0.1, 0.15) is 16.1 Å². The zero-order chi connectivity index (χ0) is 11.0. The van der Waals surface area contributed by atoms with Crippen molar-refractivity contribution in [1.82, 2.24) is 10.3 Å². The summed E-state index contributed by atoms with van der Waals surface area (Å²) in [6.45, 7) is 1.69. The fraction of sp³-hybridized carbons (Fsp3) is 0.182. The molecule has 78 valence electrons. The van der Waals surface area contributed by atoms with E-state index in [-0.39, 0.29) is 11.7 Å². The van der Waals surface area contributed by atoms with Crippen LogP contribution in [0, 0.1) is 12.7 Å². The Balaban J connectivity index is 2.66. The first-order chi connectivity index (χ1) is 7.13. The highest BCUT2D eigenvalue weighted by Crippen LogP contribution is 2.21. The van der Waals surface area contributed by atoms with Gasteiger partial charge in [-0.2, -0.15) is 0 Å². The lowest BCUT2D eigenvalue weighted by atomic mass is 10.2. The number of rotatable bonds is 1. The third kappa shape index (κ3) is 1.48. The van der Waals surface area contributed by atoms with E-state index in [1.165, 1.54) is 7.05 Å². The molecule has 0 aliphatic carbocycles.